The number of carbonyl (C=O) groups excluding carboxylic acids is 2. The monoisotopic (exact) mass is 351 g/mol. The fourth-order valence-corrected chi connectivity index (χ4v) is 4.16. The van der Waals surface area contributed by atoms with Crippen LogP contribution in [0.1, 0.15) is 47.5 Å². The lowest BCUT2D eigenvalue weighted by Gasteiger charge is -2.20. The summed E-state index contributed by atoms with van der Waals surface area (Å²) in [5, 5.41) is 11.7. The Balaban J connectivity index is 2.32. The molecule has 0 bridgehead atoms. The molecule has 1 atom stereocenters. The predicted octanol–water partition coefficient (Wildman–Crippen LogP) is 3.02. The highest BCUT2D eigenvalue weighted by Gasteiger charge is 2.29. The van der Waals surface area contributed by atoms with Crippen LogP contribution in [0.5, 0.6) is 0 Å². The molecule has 0 spiro atoms. The maximum atomic E-state index is 12.3. The van der Waals surface area contributed by atoms with Gasteiger partial charge in [0.1, 0.15) is 5.00 Å². The number of nitrogens with one attached hydrogen (secondary N) is 1. The minimum atomic E-state index is -1.20. The van der Waals surface area contributed by atoms with Gasteiger partial charge in [0.25, 0.3) is 0 Å². The zero-order chi connectivity index (χ0) is 17.7. The summed E-state index contributed by atoms with van der Waals surface area (Å²) in [4.78, 5) is 35.8. The van der Waals surface area contributed by atoms with E-state index in [1.54, 1.807) is 6.92 Å². The van der Waals surface area contributed by atoms with Crippen molar-refractivity contribution in [2.45, 2.75) is 39.5 Å². The van der Waals surface area contributed by atoms with Gasteiger partial charge in [-0.25, -0.2) is 9.59 Å². The van der Waals surface area contributed by atoms with Crippen molar-refractivity contribution in [1.82, 2.24) is 0 Å². The first-order chi connectivity index (χ1) is 11.5. The van der Waals surface area contributed by atoms with E-state index in [4.69, 9.17) is 9.84 Å². The number of rotatable bonds is 6. The molecular weight excluding hydrogens is 330 g/mol. The summed E-state index contributed by atoms with van der Waals surface area (Å²) in [6.45, 7) is 4.14. The fourth-order valence-electron chi connectivity index (χ4n) is 2.81. The van der Waals surface area contributed by atoms with Gasteiger partial charge in [0, 0.05) is 17.0 Å². The van der Waals surface area contributed by atoms with Crippen molar-refractivity contribution < 1.29 is 24.2 Å². The summed E-state index contributed by atoms with van der Waals surface area (Å²) < 4.78 is 5.13. The summed E-state index contributed by atoms with van der Waals surface area (Å²) in [6.07, 6.45) is 5.47. The number of hydrogen-bond donors (Lipinski definition) is 2. The second-order valence-corrected chi connectivity index (χ2v) is 6.71. The quantitative estimate of drug-likeness (QED) is 0.607. The number of carboxylic acids is 1. The molecule has 0 radical (unpaired) electrons. The lowest BCUT2D eigenvalue weighted by molar-refractivity contribution is -0.131. The van der Waals surface area contributed by atoms with Crippen LogP contribution in [0.3, 0.4) is 0 Å². The SMILES string of the molecule is CCOC(=O)c1c(NC(=O)/C=C/C(=O)O)sc2c1CCC(CC)C2. The number of thiophene rings is 1. The second-order valence-electron chi connectivity index (χ2n) is 5.61. The number of esters is 1. The Kier molecular flexibility index (Phi) is 6.14. The molecule has 0 saturated heterocycles. The summed E-state index contributed by atoms with van der Waals surface area (Å²) in [7, 11) is 0. The molecule has 1 amide bonds. The highest BCUT2D eigenvalue weighted by atomic mass is 32.1. The van der Waals surface area contributed by atoms with Crippen LogP contribution in [0, 0.1) is 5.92 Å². The summed E-state index contributed by atoms with van der Waals surface area (Å²) in [6, 6.07) is 0. The minimum absolute atomic E-state index is 0.257. The molecule has 1 aliphatic carbocycles. The molecule has 0 aliphatic heterocycles. The topological polar surface area (TPSA) is 92.7 Å². The molecule has 1 aromatic heterocycles. The van der Waals surface area contributed by atoms with Crippen LogP contribution in [0.2, 0.25) is 0 Å². The Morgan fingerprint density at radius 2 is 2.08 bits per heavy atom. The van der Waals surface area contributed by atoms with Crippen LogP contribution in [-0.2, 0) is 27.2 Å². The van der Waals surface area contributed by atoms with Gasteiger partial charge >= 0.3 is 11.9 Å². The standard InChI is InChI=1S/C17H21NO5S/c1-3-10-5-6-11-12(9-10)24-16(15(11)17(22)23-4-2)18-13(19)7-8-14(20)21/h7-8,10H,3-6,9H2,1-2H3,(H,18,19)(H,20,21)/b8-7+. The number of ether oxygens (including phenoxy) is 1. The maximum Gasteiger partial charge on any atom is 0.341 e. The van der Waals surface area contributed by atoms with Gasteiger partial charge < -0.3 is 15.2 Å². The van der Waals surface area contributed by atoms with Crippen LogP contribution in [0.25, 0.3) is 0 Å². The normalized spacial score (nSPS) is 16.7. The highest BCUT2D eigenvalue weighted by Crippen LogP contribution is 2.40. The number of anilines is 1. The Morgan fingerprint density at radius 3 is 2.71 bits per heavy atom. The molecule has 1 unspecified atom stereocenters. The van der Waals surface area contributed by atoms with Gasteiger partial charge in [-0.3, -0.25) is 4.79 Å². The van der Waals surface area contributed by atoms with E-state index in [1.807, 2.05) is 0 Å². The highest BCUT2D eigenvalue weighted by molar-refractivity contribution is 7.17. The lowest BCUT2D eigenvalue weighted by atomic mass is 9.85. The maximum absolute atomic E-state index is 12.3. The Bertz CT molecular complexity index is 677. The molecule has 1 aromatic rings. The van der Waals surface area contributed by atoms with E-state index in [0.29, 0.717) is 16.5 Å². The van der Waals surface area contributed by atoms with E-state index in [-0.39, 0.29) is 6.61 Å². The van der Waals surface area contributed by atoms with Crippen molar-refractivity contribution in [3.63, 3.8) is 0 Å². The van der Waals surface area contributed by atoms with Crippen molar-refractivity contribution in [1.29, 1.82) is 0 Å². The fraction of sp³-hybridized carbons (Fsp3) is 0.471. The van der Waals surface area contributed by atoms with Crippen molar-refractivity contribution in [3.05, 3.63) is 28.2 Å². The summed E-state index contributed by atoms with van der Waals surface area (Å²) in [5.41, 5.74) is 1.38. The first-order valence-electron chi connectivity index (χ1n) is 7.99. The van der Waals surface area contributed by atoms with Crippen molar-refractivity contribution in [3.8, 4) is 0 Å². The predicted molar refractivity (Wildman–Crippen MR) is 91.5 cm³/mol. The molecule has 130 valence electrons. The Labute approximate surface area is 144 Å². The van der Waals surface area contributed by atoms with Crippen LogP contribution >= 0.6 is 11.3 Å². The molecule has 0 aromatic carbocycles. The van der Waals surface area contributed by atoms with Gasteiger partial charge in [0.2, 0.25) is 5.91 Å². The first kappa shape index (κ1) is 18.2. The Hall–Kier alpha value is -2.15. The van der Waals surface area contributed by atoms with E-state index >= 15 is 0 Å². The van der Waals surface area contributed by atoms with Gasteiger partial charge in [-0.2, -0.15) is 0 Å². The first-order valence-corrected chi connectivity index (χ1v) is 8.81. The third-order valence-electron chi connectivity index (χ3n) is 4.04. The average molecular weight is 351 g/mol. The molecule has 2 N–H and O–H groups in total. The summed E-state index contributed by atoms with van der Waals surface area (Å²) in [5.74, 6) is -1.63. The van der Waals surface area contributed by atoms with Crippen molar-refractivity contribution >= 4 is 34.2 Å². The number of aliphatic carboxylic acids is 1. The van der Waals surface area contributed by atoms with Gasteiger partial charge in [0.05, 0.1) is 12.2 Å². The number of hydrogen-bond acceptors (Lipinski definition) is 5. The minimum Gasteiger partial charge on any atom is -0.478 e. The average Bonchev–Trinajstić information content (AvgIpc) is 2.89. The van der Waals surface area contributed by atoms with Crippen LogP contribution in [0.15, 0.2) is 12.2 Å². The molecule has 6 nitrogen and oxygen atoms in total. The van der Waals surface area contributed by atoms with Crippen LogP contribution < -0.4 is 5.32 Å². The van der Waals surface area contributed by atoms with E-state index in [2.05, 4.69) is 12.2 Å². The van der Waals surface area contributed by atoms with E-state index < -0.39 is 17.8 Å². The number of carboxylic acid groups (broad SMARTS) is 1. The molecule has 1 heterocycles. The molecule has 24 heavy (non-hydrogen) atoms. The largest absolute Gasteiger partial charge is 0.478 e. The third-order valence-corrected chi connectivity index (χ3v) is 5.21. The van der Waals surface area contributed by atoms with E-state index in [0.717, 1.165) is 48.3 Å². The van der Waals surface area contributed by atoms with E-state index in [9.17, 15) is 14.4 Å². The van der Waals surface area contributed by atoms with Crippen molar-refractivity contribution in [2.24, 2.45) is 5.92 Å². The van der Waals surface area contributed by atoms with Gasteiger partial charge in [-0.1, -0.05) is 13.3 Å². The zero-order valence-corrected chi connectivity index (χ0v) is 14.6. The number of carbonyl (C=O) groups is 3. The van der Waals surface area contributed by atoms with Crippen molar-refractivity contribution in [2.75, 3.05) is 11.9 Å². The number of fused-ring (bicyclic) bond motifs is 1. The lowest BCUT2D eigenvalue weighted by Crippen LogP contribution is -2.16. The molecular formula is C17H21NO5S. The zero-order valence-electron chi connectivity index (χ0n) is 13.8. The Morgan fingerprint density at radius 1 is 1.33 bits per heavy atom. The smallest absolute Gasteiger partial charge is 0.341 e. The van der Waals surface area contributed by atoms with Crippen LogP contribution in [-0.4, -0.2) is 29.6 Å². The summed E-state index contributed by atoms with van der Waals surface area (Å²) >= 11 is 1.38. The molecule has 7 heteroatoms. The van der Waals surface area contributed by atoms with Gasteiger partial charge in [-0.15, -0.1) is 11.3 Å². The van der Waals surface area contributed by atoms with E-state index in [1.165, 1.54) is 11.3 Å². The van der Waals surface area contributed by atoms with Crippen LogP contribution in [0.4, 0.5) is 5.00 Å². The molecule has 2 rings (SSSR count). The third kappa shape index (κ3) is 4.23. The second kappa shape index (κ2) is 8.10. The molecule has 0 fully saturated rings. The number of amides is 1. The molecule has 0 saturated carbocycles. The molecule has 1 aliphatic rings. The van der Waals surface area contributed by atoms with Gasteiger partial charge in [0.15, 0.2) is 0 Å². The van der Waals surface area contributed by atoms with Gasteiger partial charge in [-0.05, 0) is 37.7 Å².